The molecule has 1 aromatic carbocycles. The first kappa shape index (κ1) is 14.9. The van der Waals surface area contributed by atoms with Gasteiger partial charge in [-0.3, -0.25) is 0 Å². The maximum Gasteiger partial charge on any atom is 0.101 e. The summed E-state index contributed by atoms with van der Waals surface area (Å²) in [7, 11) is 0. The van der Waals surface area contributed by atoms with Crippen molar-refractivity contribution in [1.29, 1.82) is 5.26 Å². The van der Waals surface area contributed by atoms with Crippen LogP contribution in [0.3, 0.4) is 0 Å². The molecule has 1 aromatic rings. The van der Waals surface area contributed by atoms with Crippen LogP contribution >= 0.6 is 11.6 Å². The van der Waals surface area contributed by atoms with Crippen molar-refractivity contribution in [2.75, 3.05) is 11.9 Å². The molecule has 0 saturated heterocycles. The predicted molar refractivity (Wildman–Crippen MR) is 78.0 cm³/mol. The number of anilines is 1. The Kier molecular flexibility index (Phi) is 7.29. The summed E-state index contributed by atoms with van der Waals surface area (Å²) in [6.07, 6.45) is 7.74. The van der Waals surface area contributed by atoms with Crippen LogP contribution in [-0.2, 0) is 0 Å². The molecule has 18 heavy (non-hydrogen) atoms. The highest BCUT2D eigenvalue weighted by Gasteiger charge is 2.00. The van der Waals surface area contributed by atoms with Gasteiger partial charge in [-0.1, -0.05) is 50.6 Å². The molecular weight excluding hydrogens is 244 g/mol. The van der Waals surface area contributed by atoms with Gasteiger partial charge in [0, 0.05) is 12.2 Å². The smallest absolute Gasteiger partial charge is 0.101 e. The van der Waals surface area contributed by atoms with Gasteiger partial charge in [-0.25, -0.2) is 0 Å². The second-order valence-electron chi connectivity index (χ2n) is 4.50. The lowest BCUT2D eigenvalue weighted by atomic mass is 10.1. The Labute approximate surface area is 115 Å². The van der Waals surface area contributed by atoms with E-state index in [2.05, 4.69) is 18.3 Å². The molecule has 0 atom stereocenters. The zero-order valence-electron chi connectivity index (χ0n) is 11.0. The Hall–Kier alpha value is -1.20. The van der Waals surface area contributed by atoms with Gasteiger partial charge in [0.15, 0.2) is 0 Å². The van der Waals surface area contributed by atoms with Gasteiger partial charge in [-0.2, -0.15) is 5.26 Å². The molecule has 0 fully saturated rings. The molecule has 0 heterocycles. The lowest BCUT2D eigenvalue weighted by Gasteiger charge is -2.07. The van der Waals surface area contributed by atoms with Crippen molar-refractivity contribution in [3.05, 3.63) is 28.8 Å². The first-order chi connectivity index (χ1) is 8.77. The molecule has 0 spiro atoms. The molecular formula is C15H21ClN2. The van der Waals surface area contributed by atoms with Gasteiger partial charge in [-0.05, 0) is 24.6 Å². The predicted octanol–water partition coefficient (Wildman–Crippen LogP) is 4.98. The first-order valence-corrected chi connectivity index (χ1v) is 7.09. The number of nitriles is 1. The first-order valence-electron chi connectivity index (χ1n) is 6.71. The maximum absolute atomic E-state index is 8.87. The van der Waals surface area contributed by atoms with E-state index in [0.717, 1.165) is 12.2 Å². The molecule has 0 aliphatic rings. The fourth-order valence-corrected chi connectivity index (χ4v) is 2.02. The highest BCUT2D eigenvalue weighted by atomic mass is 35.5. The van der Waals surface area contributed by atoms with Crippen LogP contribution < -0.4 is 5.32 Å². The molecule has 0 amide bonds. The summed E-state index contributed by atoms with van der Waals surface area (Å²) in [4.78, 5) is 0. The highest BCUT2D eigenvalue weighted by molar-refractivity contribution is 6.31. The summed E-state index contributed by atoms with van der Waals surface area (Å²) in [5.41, 5.74) is 1.51. The van der Waals surface area contributed by atoms with Gasteiger partial charge in [0.1, 0.15) is 6.07 Å². The summed E-state index contributed by atoms with van der Waals surface area (Å²) in [5, 5.41) is 12.7. The maximum atomic E-state index is 8.87. The number of rotatable bonds is 8. The fourth-order valence-electron chi connectivity index (χ4n) is 1.86. The van der Waals surface area contributed by atoms with Crippen LogP contribution in [0, 0.1) is 11.3 Å². The van der Waals surface area contributed by atoms with Gasteiger partial charge >= 0.3 is 0 Å². The second-order valence-corrected chi connectivity index (χ2v) is 4.91. The van der Waals surface area contributed by atoms with Crippen molar-refractivity contribution >= 4 is 17.3 Å². The zero-order valence-corrected chi connectivity index (χ0v) is 11.8. The van der Waals surface area contributed by atoms with Crippen molar-refractivity contribution in [2.45, 2.75) is 45.4 Å². The normalized spacial score (nSPS) is 10.1. The van der Waals surface area contributed by atoms with E-state index in [1.807, 2.05) is 6.07 Å². The minimum absolute atomic E-state index is 0.516. The van der Waals surface area contributed by atoms with Gasteiger partial charge < -0.3 is 5.32 Å². The number of halogens is 1. The number of unbranched alkanes of at least 4 members (excludes halogenated alkanes) is 5. The highest BCUT2D eigenvalue weighted by Crippen LogP contribution is 2.19. The number of nitrogens with one attached hydrogen (secondary N) is 1. The molecule has 0 aliphatic heterocycles. The van der Waals surface area contributed by atoms with Gasteiger partial charge in [0.05, 0.1) is 10.6 Å². The monoisotopic (exact) mass is 264 g/mol. The summed E-state index contributed by atoms with van der Waals surface area (Å²) in [6.45, 7) is 3.19. The lowest BCUT2D eigenvalue weighted by Crippen LogP contribution is -2.01. The third kappa shape index (κ3) is 5.42. The van der Waals surface area contributed by atoms with Crippen LogP contribution in [0.2, 0.25) is 5.02 Å². The van der Waals surface area contributed by atoms with Gasteiger partial charge in [0.25, 0.3) is 0 Å². The van der Waals surface area contributed by atoms with E-state index in [1.165, 1.54) is 38.5 Å². The van der Waals surface area contributed by atoms with E-state index in [0.29, 0.717) is 10.6 Å². The number of nitrogens with zero attached hydrogens (tertiary/aromatic N) is 1. The number of hydrogen-bond donors (Lipinski definition) is 1. The third-order valence-electron chi connectivity index (χ3n) is 2.95. The lowest BCUT2D eigenvalue weighted by molar-refractivity contribution is 0.617. The van der Waals surface area contributed by atoms with Gasteiger partial charge in [-0.15, -0.1) is 0 Å². The van der Waals surface area contributed by atoms with Crippen LogP contribution in [0.4, 0.5) is 5.69 Å². The third-order valence-corrected chi connectivity index (χ3v) is 3.28. The SMILES string of the molecule is CCCCCCCCNc1ccc(Cl)c(C#N)c1. The molecule has 0 unspecified atom stereocenters. The molecule has 1 N–H and O–H groups in total. The van der Waals surface area contributed by atoms with Crippen molar-refractivity contribution in [3.8, 4) is 6.07 Å². The van der Waals surface area contributed by atoms with E-state index in [-0.39, 0.29) is 0 Å². The van der Waals surface area contributed by atoms with Crippen LogP contribution in [-0.4, -0.2) is 6.54 Å². The van der Waals surface area contributed by atoms with Crippen molar-refractivity contribution in [1.82, 2.24) is 0 Å². The standard InChI is InChI=1S/C15H21ClN2/c1-2-3-4-5-6-7-10-18-14-8-9-15(16)13(11-14)12-17/h8-9,11,18H,2-7,10H2,1H3. The average Bonchev–Trinajstić information content (AvgIpc) is 2.39. The quantitative estimate of drug-likeness (QED) is 0.672. The Bertz CT molecular complexity index is 396. The van der Waals surface area contributed by atoms with E-state index < -0.39 is 0 Å². The van der Waals surface area contributed by atoms with E-state index in [9.17, 15) is 0 Å². The van der Waals surface area contributed by atoms with Crippen molar-refractivity contribution < 1.29 is 0 Å². The molecule has 0 aromatic heterocycles. The molecule has 2 nitrogen and oxygen atoms in total. The van der Waals surface area contributed by atoms with Crippen LogP contribution in [0.15, 0.2) is 18.2 Å². The Morgan fingerprint density at radius 3 is 2.61 bits per heavy atom. The summed E-state index contributed by atoms with van der Waals surface area (Å²) < 4.78 is 0. The summed E-state index contributed by atoms with van der Waals surface area (Å²) >= 11 is 5.88. The van der Waals surface area contributed by atoms with Gasteiger partial charge in [0.2, 0.25) is 0 Å². The second kappa shape index (κ2) is 8.83. The van der Waals surface area contributed by atoms with E-state index >= 15 is 0 Å². The van der Waals surface area contributed by atoms with Crippen molar-refractivity contribution in [2.24, 2.45) is 0 Å². The summed E-state index contributed by atoms with van der Waals surface area (Å²) in [5.74, 6) is 0. The molecule has 0 saturated carbocycles. The molecule has 1 rings (SSSR count). The molecule has 98 valence electrons. The zero-order chi connectivity index (χ0) is 13.2. The average molecular weight is 265 g/mol. The Balaban J connectivity index is 2.22. The van der Waals surface area contributed by atoms with Crippen LogP contribution in [0.1, 0.15) is 51.0 Å². The number of hydrogen-bond acceptors (Lipinski definition) is 2. The van der Waals surface area contributed by atoms with E-state index in [1.54, 1.807) is 12.1 Å². The van der Waals surface area contributed by atoms with Crippen molar-refractivity contribution in [3.63, 3.8) is 0 Å². The molecule has 3 heteroatoms. The van der Waals surface area contributed by atoms with Crippen LogP contribution in [0.25, 0.3) is 0 Å². The minimum Gasteiger partial charge on any atom is -0.385 e. The molecule has 0 radical (unpaired) electrons. The Morgan fingerprint density at radius 1 is 1.17 bits per heavy atom. The fraction of sp³-hybridized carbons (Fsp3) is 0.533. The number of benzene rings is 1. The van der Waals surface area contributed by atoms with E-state index in [4.69, 9.17) is 16.9 Å². The topological polar surface area (TPSA) is 35.8 Å². The summed E-state index contributed by atoms with van der Waals surface area (Å²) in [6, 6.07) is 7.58. The Morgan fingerprint density at radius 2 is 1.89 bits per heavy atom. The largest absolute Gasteiger partial charge is 0.385 e. The van der Waals surface area contributed by atoms with Crippen LogP contribution in [0.5, 0.6) is 0 Å². The molecule has 0 bridgehead atoms. The molecule has 0 aliphatic carbocycles. The minimum atomic E-state index is 0.516.